The molecule has 5 rings (SSSR count). The van der Waals surface area contributed by atoms with E-state index in [-0.39, 0.29) is 30.1 Å². The van der Waals surface area contributed by atoms with Crippen molar-refractivity contribution >= 4 is 11.9 Å². The minimum atomic E-state index is -1.48. The Morgan fingerprint density at radius 2 is 1.45 bits per heavy atom. The van der Waals surface area contributed by atoms with E-state index in [1.54, 1.807) is 6.92 Å². The van der Waals surface area contributed by atoms with Gasteiger partial charge in [0.25, 0.3) is 0 Å². The number of hydrogen-bond acceptors (Lipinski definition) is 6. The molecule has 5 aliphatic rings. The standard InChI is InChI=1S/C30H46O8/c1-25(2)11-16-15-7-8-18-26(3)12-17(31)22(34)29(6,23(35)36)19(26)9-10-27(18,4)28(15,5)13-21(33)30(16,24(37)38)14-20(25)32/h7,16-22,31-34H,8-14H2,1-6H3,(H,35,36)(H,37,38)/t16-,17-,18+,19+,20-,21-,22-,26+,27+,28+,29+,30+/m0/s1. The highest BCUT2D eigenvalue weighted by atomic mass is 16.4. The molecule has 4 fully saturated rings. The zero-order chi connectivity index (χ0) is 28.4. The number of allylic oxidation sites excluding steroid dienone is 2. The fraction of sp³-hybridized carbons (Fsp3) is 0.867. The second-order valence-electron chi connectivity index (χ2n) is 15.1. The zero-order valence-corrected chi connectivity index (χ0v) is 23.6. The molecule has 0 spiro atoms. The summed E-state index contributed by atoms with van der Waals surface area (Å²) in [6, 6.07) is 0. The summed E-state index contributed by atoms with van der Waals surface area (Å²) in [6.45, 7) is 11.9. The Labute approximate surface area is 225 Å². The molecule has 0 aromatic heterocycles. The second kappa shape index (κ2) is 8.05. The van der Waals surface area contributed by atoms with E-state index in [2.05, 4.69) is 26.8 Å². The van der Waals surface area contributed by atoms with Crippen LogP contribution in [0.2, 0.25) is 0 Å². The molecule has 8 nitrogen and oxygen atoms in total. The molecule has 12 atom stereocenters. The maximum atomic E-state index is 12.9. The fourth-order valence-electron chi connectivity index (χ4n) is 10.8. The van der Waals surface area contributed by atoms with Crippen LogP contribution >= 0.6 is 0 Å². The summed E-state index contributed by atoms with van der Waals surface area (Å²) in [6.07, 6.45) is 0.576. The molecule has 0 aromatic carbocycles. The average Bonchev–Trinajstić information content (AvgIpc) is 2.79. The van der Waals surface area contributed by atoms with Crippen molar-refractivity contribution in [3.8, 4) is 0 Å². The van der Waals surface area contributed by atoms with E-state index >= 15 is 0 Å². The smallest absolute Gasteiger partial charge is 0.312 e. The van der Waals surface area contributed by atoms with Crippen molar-refractivity contribution in [2.75, 3.05) is 0 Å². The molecule has 0 bridgehead atoms. The van der Waals surface area contributed by atoms with Gasteiger partial charge in [-0.1, -0.05) is 46.3 Å². The van der Waals surface area contributed by atoms with Crippen molar-refractivity contribution in [1.82, 2.24) is 0 Å². The third-order valence-corrected chi connectivity index (χ3v) is 13.4. The summed E-state index contributed by atoms with van der Waals surface area (Å²) in [5.41, 5.74) is -3.86. The van der Waals surface area contributed by atoms with Crippen LogP contribution in [0.25, 0.3) is 0 Å². The van der Waals surface area contributed by atoms with Crippen LogP contribution in [0.15, 0.2) is 11.6 Å². The molecule has 8 heteroatoms. The number of fused-ring (bicyclic) bond motifs is 7. The minimum Gasteiger partial charge on any atom is -0.481 e. The van der Waals surface area contributed by atoms with Gasteiger partial charge < -0.3 is 30.6 Å². The van der Waals surface area contributed by atoms with Gasteiger partial charge in [-0.15, -0.1) is 0 Å². The Bertz CT molecular complexity index is 1080. The van der Waals surface area contributed by atoms with E-state index < -0.39 is 69.3 Å². The normalized spacial score (nSPS) is 55.4. The SMILES string of the molecule is CC1(C)C[C@H]2C3=CC[C@@H]4[C@@]5(C)C[C@H](O)[C@H](O)[C@](C)(C(=O)O)[C@@H]5CC[C@@]4(C)[C@]3(C)C[C@H](O)[C@@]2(C(=O)O)C[C@@H]1O. The van der Waals surface area contributed by atoms with Crippen LogP contribution in [0.1, 0.15) is 86.5 Å². The Balaban J connectivity index is 1.65. The number of rotatable bonds is 2. The monoisotopic (exact) mass is 534 g/mol. The molecule has 214 valence electrons. The highest BCUT2D eigenvalue weighted by Crippen LogP contribution is 2.75. The number of carboxylic acid groups (broad SMARTS) is 2. The van der Waals surface area contributed by atoms with Crippen LogP contribution < -0.4 is 0 Å². The first-order chi connectivity index (χ1) is 17.3. The van der Waals surface area contributed by atoms with Gasteiger partial charge in [0, 0.05) is 0 Å². The van der Waals surface area contributed by atoms with Crippen molar-refractivity contribution in [3.63, 3.8) is 0 Å². The molecule has 5 aliphatic carbocycles. The third kappa shape index (κ3) is 3.06. The molecule has 0 aliphatic heterocycles. The first-order valence-electron chi connectivity index (χ1n) is 14.2. The Morgan fingerprint density at radius 3 is 2.03 bits per heavy atom. The molecule has 6 N–H and O–H groups in total. The van der Waals surface area contributed by atoms with E-state index in [9.17, 15) is 40.2 Å². The molecule has 38 heavy (non-hydrogen) atoms. The molecule has 0 aromatic rings. The number of carboxylic acids is 2. The van der Waals surface area contributed by atoms with Gasteiger partial charge in [-0.25, -0.2) is 0 Å². The minimum absolute atomic E-state index is 0.00949. The van der Waals surface area contributed by atoms with E-state index in [0.29, 0.717) is 32.1 Å². The summed E-state index contributed by atoms with van der Waals surface area (Å²) >= 11 is 0. The van der Waals surface area contributed by atoms with E-state index in [4.69, 9.17) is 0 Å². The van der Waals surface area contributed by atoms with Crippen LogP contribution in [0.5, 0.6) is 0 Å². The van der Waals surface area contributed by atoms with Gasteiger partial charge in [0.2, 0.25) is 0 Å². The summed E-state index contributed by atoms with van der Waals surface area (Å²) in [7, 11) is 0. The summed E-state index contributed by atoms with van der Waals surface area (Å²) in [4.78, 5) is 25.4. The van der Waals surface area contributed by atoms with Gasteiger partial charge >= 0.3 is 11.9 Å². The van der Waals surface area contributed by atoms with Crippen molar-refractivity contribution < 1.29 is 40.2 Å². The lowest BCUT2D eigenvalue weighted by atomic mass is 9.33. The summed E-state index contributed by atoms with van der Waals surface area (Å²) < 4.78 is 0. The van der Waals surface area contributed by atoms with Gasteiger partial charge in [0.1, 0.15) is 5.41 Å². The average molecular weight is 535 g/mol. The first kappa shape index (κ1) is 28.1. The van der Waals surface area contributed by atoms with Crippen LogP contribution in [-0.4, -0.2) is 67.0 Å². The maximum Gasteiger partial charge on any atom is 0.312 e. The van der Waals surface area contributed by atoms with Gasteiger partial charge in [-0.2, -0.15) is 0 Å². The quantitative estimate of drug-likeness (QED) is 0.295. The van der Waals surface area contributed by atoms with Crippen molar-refractivity contribution in [2.24, 2.45) is 50.2 Å². The topological polar surface area (TPSA) is 156 Å². The summed E-state index contributed by atoms with van der Waals surface area (Å²) in [5, 5.41) is 65.2. The number of hydrogen-bond donors (Lipinski definition) is 6. The number of aliphatic hydroxyl groups excluding tert-OH is 4. The van der Waals surface area contributed by atoms with Crippen LogP contribution in [0.4, 0.5) is 0 Å². The van der Waals surface area contributed by atoms with Gasteiger partial charge in [0.15, 0.2) is 0 Å². The number of carbonyl (C=O) groups is 2. The molecule has 4 saturated carbocycles. The second-order valence-corrected chi connectivity index (χ2v) is 15.1. The molecular formula is C30H46O8. The van der Waals surface area contributed by atoms with Crippen molar-refractivity contribution in [3.05, 3.63) is 11.6 Å². The largest absolute Gasteiger partial charge is 0.481 e. The van der Waals surface area contributed by atoms with Gasteiger partial charge in [-0.05, 0) is 91.3 Å². The van der Waals surface area contributed by atoms with E-state index in [1.807, 2.05) is 13.8 Å². The molecule has 0 amide bonds. The first-order valence-corrected chi connectivity index (χ1v) is 14.2. The Kier molecular flexibility index (Phi) is 5.94. The van der Waals surface area contributed by atoms with Gasteiger partial charge in [-0.3, -0.25) is 9.59 Å². The van der Waals surface area contributed by atoms with Crippen molar-refractivity contribution in [1.29, 1.82) is 0 Å². The predicted molar refractivity (Wildman–Crippen MR) is 139 cm³/mol. The highest BCUT2D eigenvalue weighted by molar-refractivity contribution is 5.78. The lowest BCUT2D eigenvalue weighted by molar-refractivity contribution is -0.246. The molecule has 0 saturated heterocycles. The molecule has 0 unspecified atom stereocenters. The third-order valence-electron chi connectivity index (χ3n) is 13.4. The number of aliphatic hydroxyl groups is 4. The zero-order valence-electron chi connectivity index (χ0n) is 23.6. The van der Waals surface area contributed by atoms with Crippen LogP contribution in [0, 0.1) is 50.2 Å². The molecule has 0 radical (unpaired) electrons. The van der Waals surface area contributed by atoms with Gasteiger partial charge in [0.05, 0.1) is 29.8 Å². The summed E-state index contributed by atoms with van der Waals surface area (Å²) in [5.74, 6) is -2.92. The predicted octanol–water partition coefficient (Wildman–Crippen LogP) is 3.21. The van der Waals surface area contributed by atoms with Crippen LogP contribution in [-0.2, 0) is 9.59 Å². The highest BCUT2D eigenvalue weighted by Gasteiger charge is 2.73. The van der Waals surface area contributed by atoms with E-state index in [1.165, 1.54) is 0 Å². The molecular weight excluding hydrogens is 488 g/mol. The molecule has 0 heterocycles. The lowest BCUT2D eigenvalue weighted by Gasteiger charge is -2.71. The number of aliphatic carboxylic acids is 2. The Morgan fingerprint density at radius 1 is 0.816 bits per heavy atom. The van der Waals surface area contributed by atoms with Crippen LogP contribution in [0.3, 0.4) is 0 Å². The van der Waals surface area contributed by atoms with Crippen molar-refractivity contribution in [2.45, 2.75) is 111 Å². The van der Waals surface area contributed by atoms with E-state index in [0.717, 1.165) is 5.57 Å². The maximum absolute atomic E-state index is 12.9. The fourth-order valence-corrected chi connectivity index (χ4v) is 10.8. The Hall–Kier alpha value is -1.48. The lowest BCUT2D eigenvalue weighted by Crippen LogP contribution is -2.70.